The Morgan fingerprint density at radius 2 is 1.86 bits per heavy atom. The van der Waals surface area contributed by atoms with Crippen molar-refractivity contribution in [1.29, 1.82) is 5.26 Å². The van der Waals surface area contributed by atoms with Gasteiger partial charge in [-0.25, -0.2) is 0 Å². The van der Waals surface area contributed by atoms with Crippen LogP contribution in [0.4, 0.5) is 12.9 Å². The second-order valence-electron chi connectivity index (χ2n) is 2.43. The van der Waals surface area contributed by atoms with Crippen molar-refractivity contribution in [1.82, 2.24) is 0 Å². The maximum Gasteiger partial charge on any atom is 1.00 e. The first-order valence-corrected chi connectivity index (χ1v) is 3.38. The monoisotopic (exact) mass is 225 g/mol. The van der Waals surface area contributed by atoms with E-state index in [0.717, 1.165) is 18.2 Å². The van der Waals surface area contributed by atoms with Gasteiger partial charge in [-0.3, -0.25) is 0 Å². The summed E-state index contributed by atoms with van der Waals surface area (Å²) < 4.78 is 36.5. The zero-order chi connectivity index (χ0) is 10.1. The van der Waals surface area contributed by atoms with E-state index in [1.165, 1.54) is 6.07 Å². The van der Waals surface area contributed by atoms with Gasteiger partial charge < -0.3 is 18.1 Å². The van der Waals surface area contributed by atoms with Crippen LogP contribution in [0.25, 0.3) is 0 Å². The molecule has 0 unspecified atom stereocenters. The zero-order valence-electron chi connectivity index (χ0n) is 7.34. The first-order valence-electron chi connectivity index (χ1n) is 3.38. The number of halogens is 3. The van der Waals surface area contributed by atoms with Crippen molar-refractivity contribution >= 4 is 12.4 Å². The summed E-state index contributed by atoms with van der Waals surface area (Å²) in [6.45, 7) is -5.26. The van der Waals surface area contributed by atoms with Gasteiger partial charge in [-0.15, -0.1) is 0 Å². The fourth-order valence-corrected chi connectivity index (χ4v) is 0.916. The largest absolute Gasteiger partial charge is 1.00 e. The van der Waals surface area contributed by atoms with Crippen molar-refractivity contribution in [3.8, 4) is 11.8 Å². The summed E-state index contributed by atoms with van der Waals surface area (Å²) in [5, 5.41) is 17.3. The SMILES string of the molecule is N#Cc1cccc([B-](F)(F)F)c1O.[K+]. The van der Waals surface area contributed by atoms with Crippen molar-refractivity contribution in [3.63, 3.8) is 0 Å². The fraction of sp³-hybridized carbons (Fsp3) is 0. The number of benzene rings is 1. The summed E-state index contributed by atoms with van der Waals surface area (Å²) in [5.74, 6) is -0.988. The van der Waals surface area contributed by atoms with Gasteiger partial charge in [-0.2, -0.15) is 5.26 Å². The molecule has 0 atom stereocenters. The predicted octanol–water partition coefficient (Wildman–Crippen LogP) is -1.68. The molecule has 0 bridgehead atoms. The van der Waals surface area contributed by atoms with Crippen molar-refractivity contribution in [2.75, 3.05) is 0 Å². The molecule has 0 fully saturated rings. The zero-order valence-corrected chi connectivity index (χ0v) is 10.5. The third-order valence-electron chi connectivity index (χ3n) is 1.54. The molecule has 1 aromatic carbocycles. The normalized spacial score (nSPS) is 10.1. The number of hydrogen-bond acceptors (Lipinski definition) is 2. The van der Waals surface area contributed by atoms with Gasteiger partial charge in [0.15, 0.2) is 0 Å². The Hall–Kier alpha value is 0.00130. The summed E-state index contributed by atoms with van der Waals surface area (Å²) in [7, 11) is 0. The molecule has 1 N–H and O–H groups in total. The van der Waals surface area contributed by atoms with Crippen LogP contribution in [0.1, 0.15) is 5.56 Å². The van der Waals surface area contributed by atoms with Crippen LogP contribution in [0.15, 0.2) is 18.2 Å². The van der Waals surface area contributed by atoms with E-state index in [4.69, 9.17) is 10.4 Å². The molecule has 2 nitrogen and oxygen atoms in total. The third kappa shape index (κ3) is 3.00. The molecule has 0 heterocycles. The Balaban J connectivity index is 0.00000169. The Kier molecular flexibility index (Phi) is 5.19. The number of aromatic hydroxyl groups is 1. The third-order valence-corrected chi connectivity index (χ3v) is 1.54. The van der Waals surface area contributed by atoms with Gasteiger partial charge in [-0.1, -0.05) is 17.6 Å². The topological polar surface area (TPSA) is 44.0 Å². The predicted molar refractivity (Wildman–Crippen MR) is 41.5 cm³/mol. The molecule has 0 aliphatic rings. The van der Waals surface area contributed by atoms with E-state index in [-0.39, 0.29) is 56.9 Å². The quantitative estimate of drug-likeness (QED) is 0.580. The van der Waals surface area contributed by atoms with Crippen molar-refractivity contribution in [2.45, 2.75) is 0 Å². The van der Waals surface area contributed by atoms with E-state index < -0.39 is 18.2 Å². The molecule has 1 aromatic rings. The van der Waals surface area contributed by atoms with Gasteiger partial charge in [0.05, 0.1) is 5.56 Å². The van der Waals surface area contributed by atoms with Crippen LogP contribution in [0.2, 0.25) is 0 Å². The minimum atomic E-state index is -5.26. The van der Waals surface area contributed by atoms with Gasteiger partial charge in [-0.05, 0) is 6.07 Å². The summed E-state index contributed by atoms with van der Waals surface area (Å²) in [6, 6.07) is 4.43. The smallest absolute Gasteiger partial charge is 0.510 e. The van der Waals surface area contributed by atoms with Gasteiger partial charge in [0.25, 0.3) is 0 Å². The molecule has 0 aromatic heterocycles. The van der Waals surface area contributed by atoms with E-state index in [1.807, 2.05) is 0 Å². The first kappa shape index (κ1) is 14.0. The molecule has 0 aliphatic carbocycles. The summed E-state index contributed by atoms with van der Waals surface area (Å²) in [6.07, 6.45) is 0. The van der Waals surface area contributed by atoms with E-state index in [9.17, 15) is 12.9 Å². The fourth-order valence-electron chi connectivity index (χ4n) is 0.916. The molecule has 0 spiro atoms. The Morgan fingerprint density at radius 3 is 2.29 bits per heavy atom. The maximum atomic E-state index is 12.2. The average Bonchev–Trinajstić information content (AvgIpc) is 2.02. The standard InChI is InChI=1S/C7H4BF3NO.K/c9-8(10,11)6-3-1-2-5(4-12)7(6)13;/h1-3,13H;/q-1;+1. The molecule has 68 valence electrons. The van der Waals surface area contributed by atoms with E-state index in [0.29, 0.717) is 0 Å². The Labute approximate surface area is 121 Å². The van der Waals surface area contributed by atoms with E-state index in [1.54, 1.807) is 0 Å². The van der Waals surface area contributed by atoms with Crippen LogP contribution >= 0.6 is 0 Å². The van der Waals surface area contributed by atoms with Crippen LogP contribution < -0.4 is 56.8 Å². The molecule has 0 radical (unpaired) electrons. The van der Waals surface area contributed by atoms with Gasteiger partial charge in [0, 0.05) is 0 Å². The minimum Gasteiger partial charge on any atom is -0.510 e. The molecular formula is C7H4BF3KNO. The number of phenols is 1. The molecule has 7 heteroatoms. The molecule has 14 heavy (non-hydrogen) atoms. The second-order valence-corrected chi connectivity index (χ2v) is 2.43. The minimum absolute atomic E-state index is 0. The Morgan fingerprint density at radius 1 is 1.29 bits per heavy atom. The van der Waals surface area contributed by atoms with E-state index in [2.05, 4.69) is 0 Å². The van der Waals surface area contributed by atoms with Crippen LogP contribution in [-0.4, -0.2) is 12.1 Å². The number of phenolic OH excluding ortho intramolecular Hbond substituents is 1. The van der Waals surface area contributed by atoms with Crippen LogP contribution in [0.3, 0.4) is 0 Å². The molecule has 1 rings (SSSR count). The molecular weight excluding hydrogens is 221 g/mol. The van der Waals surface area contributed by atoms with Crippen molar-refractivity contribution in [2.24, 2.45) is 0 Å². The number of hydrogen-bond donors (Lipinski definition) is 1. The second kappa shape index (κ2) is 5.19. The van der Waals surface area contributed by atoms with Gasteiger partial charge in [0.1, 0.15) is 11.8 Å². The summed E-state index contributed by atoms with van der Waals surface area (Å²) >= 11 is 0. The first-order chi connectivity index (χ1) is 5.96. The molecule has 0 aliphatic heterocycles. The number of para-hydroxylation sites is 1. The molecule has 0 amide bonds. The molecule has 0 saturated carbocycles. The summed E-state index contributed by atoms with van der Waals surface area (Å²) in [4.78, 5) is 0. The van der Waals surface area contributed by atoms with Crippen LogP contribution in [0, 0.1) is 11.3 Å². The Bertz CT molecular complexity index is 374. The number of nitrogens with zero attached hydrogens (tertiary/aromatic N) is 1. The molecule has 0 saturated heterocycles. The van der Waals surface area contributed by atoms with Crippen LogP contribution in [-0.2, 0) is 0 Å². The van der Waals surface area contributed by atoms with Gasteiger partial charge >= 0.3 is 58.4 Å². The summed E-state index contributed by atoms with van der Waals surface area (Å²) in [5.41, 5.74) is -1.49. The number of rotatable bonds is 1. The van der Waals surface area contributed by atoms with Crippen molar-refractivity contribution in [3.05, 3.63) is 23.8 Å². The van der Waals surface area contributed by atoms with Crippen LogP contribution in [0.5, 0.6) is 5.75 Å². The van der Waals surface area contributed by atoms with E-state index >= 15 is 0 Å². The van der Waals surface area contributed by atoms with Gasteiger partial charge in [0.2, 0.25) is 0 Å². The maximum absolute atomic E-state index is 12.2. The van der Waals surface area contributed by atoms with Crippen molar-refractivity contribution < 1.29 is 69.4 Å². The number of nitriles is 1. The average molecular weight is 225 g/mol.